The molecule has 0 amide bonds. The lowest BCUT2D eigenvalue weighted by molar-refractivity contribution is -0.0166. The standard InChI is InChI=1S/C6H13NO.B11/c1-5-3-7-4-6(2)8-5;1-7-10(6)11(8(2)3)9(4)5/h5-7H,3-4H2,1-2H3;. The molecular formula is C6H13B11NO. The molecule has 2 atom stereocenters. The van der Waals surface area contributed by atoms with E-state index in [1.54, 1.807) is 0 Å². The Kier molecular flexibility index (Phi) is 10.7. The van der Waals surface area contributed by atoms with Crippen LogP contribution in [0.1, 0.15) is 13.8 Å². The summed E-state index contributed by atoms with van der Waals surface area (Å²) in [6.07, 6.45) is -1.35. The highest BCUT2D eigenvalue weighted by molar-refractivity contribution is 8.01. The summed E-state index contributed by atoms with van der Waals surface area (Å²) in [5, 5.41) is 3.26. The van der Waals surface area contributed by atoms with E-state index >= 15 is 0 Å². The summed E-state index contributed by atoms with van der Waals surface area (Å²) >= 11 is 0. The summed E-state index contributed by atoms with van der Waals surface area (Å²) in [6.45, 7) is 6.18. The third-order valence-electron chi connectivity index (χ3n) is 2.88. The van der Waals surface area contributed by atoms with E-state index in [2.05, 4.69) is 19.2 Å². The van der Waals surface area contributed by atoms with E-state index in [9.17, 15) is 0 Å². The smallest absolute Gasteiger partial charge is 0.0675 e. The Morgan fingerprint density at radius 1 is 1.00 bits per heavy atom. The minimum atomic E-state index is -0.648. The molecule has 1 aliphatic rings. The lowest BCUT2D eigenvalue weighted by atomic mass is 8.56. The van der Waals surface area contributed by atoms with E-state index < -0.39 is 19.2 Å². The van der Waals surface area contributed by atoms with Crippen molar-refractivity contribution in [2.75, 3.05) is 13.1 Å². The molecule has 0 bridgehead atoms. The molecule has 1 saturated heterocycles. The van der Waals surface area contributed by atoms with Crippen molar-refractivity contribution in [2.24, 2.45) is 0 Å². The molecule has 13 radical (unpaired) electrons. The van der Waals surface area contributed by atoms with E-state index in [-0.39, 0.29) is 6.39 Å². The zero-order chi connectivity index (χ0) is 15.0. The molecule has 81 valence electrons. The van der Waals surface area contributed by atoms with Crippen molar-refractivity contribution >= 4 is 79.0 Å². The van der Waals surface area contributed by atoms with Gasteiger partial charge in [-0.05, 0) is 13.8 Å². The first-order valence-electron chi connectivity index (χ1n) is 6.48. The van der Waals surface area contributed by atoms with Gasteiger partial charge in [-0.3, -0.25) is 0 Å². The van der Waals surface area contributed by atoms with Crippen LogP contribution in [0.2, 0.25) is 0 Å². The Morgan fingerprint density at radius 3 is 1.58 bits per heavy atom. The van der Waals surface area contributed by atoms with Crippen molar-refractivity contribution in [2.45, 2.75) is 26.1 Å². The topological polar surface area (TPSA) is 21.3 Å². The molecule has 1 aliphatic heterocycles. The van der Waals surface area contributed by atoms with Crippen molar-refractivity contribution in [3.63, 3.8) is 0 Å². The molecule has 1 rings (SSSR count). The van der Waals surface area contributed by atoms with Crippen LogP contribution in [0, 0.1) is 0 Å². The van der Waals surface area contributed by atoms with Crippen LogP contribution >= 0.6 is 0 Å². The minimum Gasteiger partial charge on any atom is -0.373 e. The van der Waals surface area contributed by atoms with Crippen LogP contribution in [0.3, 0.4) is 0 Å². The van der Waals surface area contributed by atoms with Gasteiger partial charge in [0.05, 0.1) is 12.2 Å². The highest BCUT2D eigenvalue weighted by atomic mass is 16.5. The van der Waals surface area contributed by atoms with Gasteiger partial charge in [0.25, 0.3) is 0 Å². The fourth-order valence-electron chi connectivity index (χ4n) is 1.88. The van der Waals surface area contributed by atoms with E-state index in [0.29, 0.717) is 12.2 Å². The Morgan fingerprint density at radius 2 is 1.42 bits per heavy atom. The predicted molar refractivity (Wildman–Crippen MR) is 96.2 cm³/mol. The van der Waals surface area contributed by atoms with Crippen molar-refractivity contribution in [3.05, 3.63) is 0 Å². The van der Waals surface area contributed by atoms with Gasteiger partial charge in [0.1, 0.15) is 0 Å². The zero-order valence-corrected chi connectivity index (χ0v) is 11.8. The first-order chi connectivity index (χ1) is 8.79. The Bertz CT molecular complexity index is 215. The predicted octanol–water partition coefficient (Wildman–Crippen LogP) is -3.81. The number of hydrogen-bond donors (Lipinski definition) is 1. The average Bonchev–Trinajstić information content (AvgIpc) is 2.28. The third-order valence-corrected chi connectivity index (χ3v) is 2.88. The molecule has 0 aromatic carbocycles. The molecule has 2 nitrogen and oxygen atoms in total. The van der Waals surface area contributed by atoms with Gasteiger partial charge in [-0.1, -0.05) is 0 Å². The first-order valence-corrected chi connectivity index (χ1v) is 6.48. The van der Waals surface area contributed by atoms with Gasteiger partial charge in [0.15, 0.2) is 0 Å². The summed E-state index contributed by atoms with van der Waals surface area (Å²) in [7, 11) is 33.5. The van der Waals surface area contributed by atoms with E-state index in [0.717, 1.165) is 13.1 Å². The van der Waals surface area contributed by atoms with Crippen molar-refractivity contribution in [3.8, 4) is 0 Å². The monoisotopic (exact) mass is 236 g/mol. The third kappa shape index (κ3) is 8.50. The summed E-state index contributed by atoms with van der Waals surface area (Å²) in [6, 6.07) is 0. The van der Waals surface area contributed by atoms with Crippen molar-refractivity contribution in [1.29, 1.82) is 0 Å². The largest absolute Gasteiger partial charge is 0.373 e. The summed E-state index contributed by atoms with van der Waals surface area (Å²) in [5.41, 5.74) is 0. The lowest BCUT2D eigenvalue weighted by Crippen LogP contribution is -2.63. The molecule has 0 aromatic rings. The molecular weight excluding hydrogens is 221 g/mol. The molecule has 0 spiro atoms. The molecule has 1 heterocycles. The van der Waals surface area contributed by atoms with Crippen LogP contribution < -0.4 is 5.32 Å². The number of rotatable bonds is 4. The summed E-state index contributed by atoms with van der Waals surface area (Å²) < 4.78 is 5.42. The molecule has 0 aromatic heterocycles. The number of nitrogens with one attached hydrogen (secondary N) is 1. The second-order valence-corrected chi connectivity index (χ2v) is 4.92. The van der Waals surface area contributed by atoms with Gasteiger partial charge in [0, 0.05) is 92.1 Å². The van der Waals surface area contributed by atoms with E-state index in [1.807, 2.05) is 0 Å². The first kappa shape index (κ1) is 19.6. The maximum absolute atomic E-state index is 5.52. The number of ether oxygens (including phenoxy) is 1. The maximum Gasteiger partial charge on any atom is 0.0675 e. The van der Waals surface area contributed by atoms with Crippen LogP contribution in [0.4, 0.5) is 0 Å². The van der Waals surface area contributed by atoms with Gasteiger partial charge >= 0.3 is 0 Å². The SMILES string of the molecule is CC1CNCC(C)O1.[B][B]B([B])B(B([B])[B])B([B])[B]. The second kappa shape index (κ2) is 10.4. The van der Waals surface area contributed by atoms with Crippen molar-refractivity contribution < 1.29 is 4.74 Å². The van der Waals surface area contributed by atoms with Crippen LogP contribution in [0.25, 0.3) is 0 Å². The van der Waals surface area contributed by atoms with Gasteiger partial charge in [-0.15, -0.1) is 0 Å². The Labute approximate surface area is 128 Å². The highest BCUT2D eigenvalue weighted by Gasteiger charge is 2.26. The van der Waals surface area contributed by atoms with E-state index in [4.69, 9.17) is 51.2 Å². The van der Waals surface area contributed by atoms with E-state index in [1.165, 1.54) is 7.06 Å². The zero-order valence-electron chi connectivity index (χ0n) is 11.8. The van der Waals surface area contributed by atoms with Crippen LogP contribution in [0.5, 0.6) is 0 Å². The number of morpholine rings is 1. The van der Waals surface area contributed by atoms with Gasteiger partial charge in [-0.2, -0.15) is 0 Å². The maximum atomic E-state index is 5.52. The average molecular weight is 234 g/mol. The molecule has 2 unspecified atom stereocenters. The second-order valence-electron chi connectivity index (χ2n) is 4.92. The van der Waals surface area contributed by atoms with Gasteiger partial charge < -0.3 is 10.1 Å². The molecule has 1 N–H and O–H groups in total. The lowest BCUT2D eigenvalue weighted by Gasteiger charge is -2.25. The van der Waals surface area contributed by atoms with Crippen molar-refractivity contribution in [1.82, 2.24) is 5.32 Å². The fourth-order valence-corrected chi connectivity index (χ4v) is 1.88. The Hall–Kier alpha value is 0.634. The van der Waals surface area contributed by atoms with Gasteiger partial charge in [-0.25, -0.2) is 0 Å². The molecule has 13 heteroatoms. The minimum absolute atomic E-state index is 0.389. The molecule has 19 heavy (non-hydrogen) atoms. The van der Waals surface area contributed by atoms with Gasteiger partial charge in [0.2, 0.25) is 0 Å². The molecule has 0 saturated carbocycles. The Balaban J connectivity index is 0.000000356. The summed E-state index contributed by atoms with van der Waals surface area (Å²) in [5.74, 6) is 0. The van der Waals surface area contributed by atoms with Crippen LogP contribution in [-0.4, -0.2) is 104 Å². The highest BCUT2D eigenvalue weighted by Crippen LogP contribution is 2.00. The number of hydrogen-bond acceptors (Lipinski definition) is 2. The molecule has 0 aliphatic carbocycles. The summed E-state index contributed by atoms with van der Waals surface area (Å²) in [4.78, 5) is 0. The normalized spacial score (nSPS) is 21.6. The quantitative estimate of drug-likeness (QED) is 0.504. The van der Waals surface area contributed by atoms with Crippen LogP contribution in [0.15, 0.2) is 0 Å². The fraction of sp³-hybridized carbons (Fsp3) is 1.00. The van der Waals surface area contributed by atoms with Crippen LogP contribution in [-0.2, 0) is 4.74 Å². The molecule has 1 fully saturated rings.